The number of nitrogens with one attached hydrogen (secondary N) is 1. The Balaban J connectivity index is 1.68. The number of hydrogen-bond acceptors (Lipinski definition) is 5. The molecule has 1 N–H and O–H groups in total. The normalized spacial score (nSPS) is 12.1. The Kier molecular flexibility index (Phi) is 5.13. The first-order valence-electron chi connectivity index (χ1n) is 7.61. The highest BCUT2D eigenvalue weighted by Gasteiger charge is 2.09. The van der Waals surface area contributed by atoms with Crippen LogP contribution >= 0.6 is 11.6 Å². The highest BCUT2D eigenvalue weighted by molar-refractivity contribution is 6.30. The van der Waals surface area contributed by atoms with Gasteiger partial charge in [-0.15, -0.1) is 0 Å². The van der Waals surface area contributed by atoms with Crippen LogP contribution in [-0.2, 0) is 11.3 Å². The predicted molar refractivity (Wildman–Crippen MR) is 93.9 cm³/mol. The molecule has 124 valence electrons. The molecule has 1 atom stereocenters. The number of nitrogens with zero attached hydrogens (tertiary/aromatic N) is 2. The fraction of sp³-hybridized carbons (Fsp3) is 0.222. The van der Waals surface area contributed by atoms with Gasteiger partial charge in [-0.2, -0.15) is 4.98 Å². The lowest BCUT2D eigenvalue weighted by Crippen LogP contribution is -2.01. The Labute approximate surface area is 145 Å². The zero-order valence-electron chi connectivity index (χ0n) is 13.5. The lowest BCUT2D eigenvalue weighted by molar-refractivity contribution is 0.119. The second-order valence-corrected chi connectivity index (χ2v) is 5.82. The number of anilines is 1. The maximum atomic E-state index is 5.99. The van der Waals surface area contributed by atoms with Crippen LogP contribution in [0.2, 0.25) is 5.02 Å². The molecule has 1 heterocycles. The van der Waals surface area contributed by atoms with Gasteiger partial charge in [0.15, 0.2) is 0 Å². The summed E-state index contributed by atoms with van der Waals surface area (Å²) in [6.45, 7) is 2.45. The summed E-state index contributed by atoms with van der Waals surface area (Å²) < 4.78 is 10.6. The predicted octanol–water partition coefficient (Wildman–Crippen LogP) is 4.71. The van der Waals surface area contributed by atoms with Crippen molar-refractivity contribution < 1.29 is 9.26 Å². The van der Waals surface area contributed by atoms with Crippen molar-refractivity contribution in [1.29, 1.82) is 0 Å². The van der Waals surface area contributed by atoms with Crippen LogP contribution in [0.15, 0.2) is 53.1 Å². The number of hydrogen-bond donors (Lipinski definition) is 1. The molecule has 0 aliphatic carbocycles. The van der Waals surface area contributed by atoms with Crippen molar-refractivity contribution in [3.8, 4) is 11.4 Å². The molecular formula is C18H18ClN3O2. The number of benzene rings is 2. The Hall–Kier alpha value is -2.37. The number of aromatic nitrogens is 2. The summed E-state index contributed by atoms with van der Waals surface area (Å²) in [5.74, 6) is 1.03. The molecule has 0 saturated carbocycles. The van der Waals surface area contributed by atoms with Gasteiger partial charge < -0.3 is 14.6 Å². The van der Waals surface area contributed by atoms with Gasteiger partial charge in [0, 0.05) is 23.4 Å². The fourth-order valence-corrected chi connectivity index (χ4v) is 2.48. The van der Waals surface area contributed by atoms with Crippen molar-refractivity contribution in [1.82, 2.24) is 10.1 Å². The molecule has 0 aliphatic rings. The average Bonchev–Trinajstić information content (AvgIpc) is 3.08. The Morgan fingerprint density at radius 2 is 2.04 bits per heavy atom. The molecule has 3 aromatic rings. The van der Waals surface area contributed by atoms with Gasteiger partial charge in [-0.1, -0.05) is 41.0 Å². The van der Waals surface area contributed by atoms with Crippen molar-refractivity contribution in [2.24, 2.45) is 0 Å². The van der Waals surface area contributed by atoms with Gasteiger partial charge >= 0.3 is 0 Å². The summed E-state index contributed by atoms with van der Waals surface area (Å²) in [5.41, 5.74) is 2.90. The molecule has 0 saturated heterocycles. The Morgan fingerprint density at radius 3 is 2.83 bits per heavy atom. The van der Waals surface area contributed by atoms with E-state index in [0.29, 0.717) is 23.3 Å². The first-order chi connectivity index (χ1) is 11.7. The minimum absolute atomic E-state index is 0.0459. The fourth-order valence-electron chi connectivity index (χ4n) is 2.29. The Bertz CT molecular complexity index is 819. The van der Waals surface area contributed by atoms with Gasteiger partial charge in [-0.05, 0) is 36.8 Å². The second kappa shape index (κ2) is 7.47. The maximum Gasteiger partial charge on any atom is 0.246 e. The van der Waals surface area contributed by atoms with Crippen LogP contribution in [0.25, 0.3) is 11.4 Å². The molecule has 0 bridgehead atoms. The molecule has 0 spiro atoms. The van der Waals surface area contributed by atoms with Crippen LogP contribution in [0.5, 0.6) is 0 Å². The van der Waals surface area contributed by atoms with E-state index in [1.165, 1.54) is 0 Å². The van der Waals surface area contributed by atoms with E-state index in [2.05, 4.69) is 15.5 Å². The second-order valence-electron chi connectivity index (χ2n) is 5.38. The van der Waals surface area contributed by atoms with Gasteiger partial charge in [0.25, 0.3) is 0 Å². The Morgan fingerprint density at radius 1 is 1.21 bits per heavy atom. The molecule has 0 aliphatic heterocycles. The zero-order valence-corrected chi connectivity index (χ0v) is 14.2. The summed E-state index contributed by atoms with van der Waals surface area (Å²) in [5, 5.41) is 7.91. The van der Waals surface area contributed by atoms with Gasteiger partial charge in [0.05, 0.1) is 12.6 Å². The molecule has 0 radical (unpaired) electrons. The molecular weight excluding hydrogens is 326 g/mol. The van der Waals surface area contributed by atoms with Crippen LogP contribution in [0.4, 0.5) is 5.69 Å². The van der Waals surface area contributed by atoms with Gasteiger partial charge in [-0.25, -0.2) is 0 Å². The number of methoxy groups -OCH3 is 1. The summed E-state index contributed by atoms with van der Waals surface area (Å²) in [6.07, 6.45) is 0.0459. The summed E-state index contributed by atoms with van der Waals surface area (Å²) >= 11 is 5.99. The first kappa shape index (κ1) is 16.5. The lowest BCUT2D eigenvalue weighted by atomic mass is 10.1. The average molecular weight is 344 g/mol. The van der Waals surface area contributed by atoms with Crippen LogP contribution in [-0.4, -0.2) is 17.3 Å². The highest BCUT2D eigenvalue weighted by Crippen LogP contribution is 2.22. The highest BCUT2D eigenvalue weighted by atomic mass is 35.5. The number of ether oxygens (including phenoxy) is 1. The molecule has 5 nitrogen and oxygen atoms in total. The molecule has 24 heavy (non-hydrogen) atoms. The minimum atomic E-state index is 0.0459. The quantitative estimate of drug-likeness (QED) is 0.702. The summed E-state index contributed by atoms with van der Waals surface area (Å²) in [4.78, 5) is 4.39. The van der Waals surface area contributed by atoms with Crippen molar-refractivity contribution in [3.05, 3.63) is 65.0 Å². The van der Waals surface area contributed by atoms with Crippen molar-refractivity contribution in [2.45, 2.75) is 19.6 Å². The smallest absolute Gasteiger partial charge is 0.246 e. The molecule has 0 fully saturated rings. The largest absolute Gasteiger partial charge is 0.377 e. The first-order valence-corrected chi connectivity index (χ1v) is 7.98. The van der Waals surface area contributed by atoms with Crippen LogP contribution in [0.1, 0.15) is 24.5 Å². The SMILES string of the molecule is COC(C)c1cccc(NCc2nc(-c3cccc(Cl)c3)no2)c1. The van der Waals surface area contributed by atoms with Crippen LogP contribution in [0, 0.1) is 0 Å². The van der Waals surface area contributed by atoms with Crippen molar-refractivity contribution >= 4 is 17.3 Å². The molecule has 1 aromatic heterocycles. The molecule has 0 amide bonds. The van der Waals surface area contributed by atoms with E-state index in [-0.39, 0.29) is 6.10 Å². The maximum absolute atomic E-state index is 5.99. The van der Waals surface area contributed by atoms with Gasteiger partial charge in [0.2, 0.25) is 11.7 Å². The zero-order chi connectivity index (χ0) is 16.9. The minimum Gasteiger partial charge on any atom is -0.377 e. The van der Waals surface area contributed by atoms with E-state index in [1.54, 1.807) is 13.2 Å². The van der Waals surface area contributed by atoms with Crippen LogP contribution < -0.4 is 5.32 Å². The van der Waals surface area contributed by atoms with E-state index in [0.717, 1.165) is 16.8 Å². The van der Waals surface area contributed by atoms with E-state index in [9.17, 15) is 0 Å². The lowest BCUT2D eigenvalue weighted by Gasteiger charge is -2.11. The number of rotatable bonds is 6. The molecule has 2 aromatic carbocycles. The van der Waals surface area contributed by atoms with E-state index in [4.69, 9.17) is 20.9 Å². The van der Waals surface area contributed by atoms with E-state index in [1.807, 2.05) is 49.4 Å². The van der Waals surface area contributed by atoms with Crippen LogP contribution in [0.3, 0.4) is 0 Å². The molecule has 3 rings (SSSR count). The third-order valence-corrected chi connectivity index (χ3v) is 3.94. The summed E-state index contributed by atoms with van der Waals surface area (Å²) in [7, 11) is 1.70. The summed E-state index contributed by atoms with van der Waals surface area (Å²) in [6, 6.07) is 15.4. The number of halogens is 1. The van der Waals surface area contributed by atoms with Gasteiger partial charge in [0.1, 0.15) is 0 Å². The van der Waals surface area contributed by atoms with Crippen molar-refractivity contribution in [2.75, 3.05) is 12.4 Å². The van der Waals surface area contributed by atoms with E-state index < -0.39 is 0 Å². The van der Waals surface area contributed by atoms with Gasteiger partial charge in [-0.3, -0.25) is 0 Å². The van der Waals surface area contributed by atoms with E-state index >= 15 is 0 Å². The standard InChI is InChI=1S/C18H18ClN3O2/c1-12(23-2)13-5-4-8-16(10-13)20-11-17-21-18(22-24-17)14-6-3-7-15(19)9-14/h3-10,12,20H,11H2,1-2H3. The molecule has 1 unspecified atom stereocenters. The third-order valence-electron chi connectivity index (χ3n) is 3.70. The van der Waals surface area contributed by atoms with Crippen molar-refractivity contribution in [3.63, 3.8) is 0 Å². The molecule has 6 heteroatoms. The monoisotopic (exact) mass is 343 g/mol. The third kappa shape index (κ3) is 3.93. The topological polar surface area (TPSA) is 60.2 Å².